The van der Waals surface area contributed by atoms with Crippen LogP contribution in [0.5, 0.6) is 0 Å². The molecule has 0 saturated carbocycles. The summed E-state index contributed by atoms with van der Waals surface area (Å²) >= 11 is 0. The summed E-state index contributed by atoms with van der Waals surface area (Å²) in [6.45, 7) is 5.60. The van der Waals surface area contributed by atoms with Crippen LogP contribution in [0.3, 0.4) is 0 Å². The van der Waals surface area contributed by atoms with Crippen molar-refractivity contribution in [2.75, 3.05) is 11.5 Å². The summed E-state index contributed by atoms with van der Waals surface area (Å²) < 4.78 is 5.25. The van der Waals surface area contributed by atoms with E-state index in [1.165, 1.54) is 9.80 Å². The van der Waals surface area contributed by atoms with Crippen LogP contribution in [0.1, 0.15) is 44.0 Å². The zero-order valence-corrected chi connectivity index (χ0v) is 13.5. The molecule has 0 aliphatic carbocycles. The number of carbonyl (C=O) groups is 3. The molecule has 0 spiro atoms. The minimum atomic E-state index is -1.37. The third kappa shape index (κ3) is 1.97. The Morgan fingerprint density at radius 3 is 2.65 bits per heavy atom. The first-order valence-corrected chi connectivity index (χ1v) is 7.88. The van der Waals surface area contributed by atoms with Gasteiger partial charge < -0.3 is 9.64 Å². The standard InChI is InChI=1S/C17H20N2O4/c1-4-23-16(22)17-10-9-14(20)19(17)13-8-6-5-7-12(13)15(21)18(17)11(2)3/h5-8,11H,4,9-10H2,1-3H3. The van der Waals surface area contributed by atoms with Crippen LogP contribution < -0.4 is 4.90 Å². The average Bonchev–Trinajstić information content (AvgIpc) is 2.86. The molecule has 6 nitrogen and oxygen atoms in total. The zero-order valence-electron chi connectivity index (χ0n) is 13.5. The Morgan fingerprint density at radius 1 is 1.30 bits per heavy atom. The highest BCUT2D eigenvalue weighted by atomic mass is 16.5. The molecule has 6 heteroatoms. The van der Waals surface area contributed by atoms with Crippen molar-refractivity contribution in [3.8, 4) is 0 Å². The van der Waals surface area contributed by atoms with Crippen molar-refractivity contribution in [1.82, 2.24) is 4.90 Å². The van der Waals surface area contributed by atoms with E-state index in [0.29, 0.717) is 11.3 Å². The lowest BCUT2D eigenvalue weighted by Crippen LogP contribution is -2.70. The predicted molar refractivity (Wildman–Crippen MR) is 83.8 cm³/mol. The monoisotopic (exact) mass is 316 g/mol. The van der Waals surface area contributed by atoms with Crippen molar-refractivity contribution in [2.45, 2.75) is 45.3 Å². The summed E-state index contributed by atoms with van der Waals surface area (Å²) in [6.07, 6.45) is 0.465. The van der Waals surface area contributed by atoms with Crippen molar-refractivity contribution in [1.29, 1.82) is 0 Å². The molecule has 2 aliphatic heterocycles. The van der Waals surface area contributed by atoms with Gasteiger partial charge in [0.2, 0.25) is 11.6 Å². The van der Waals surface area contributed by atoms with Crippen LogP contribution in [-0.2, 0) is 14.3 Å². The number of rotatable bonds is 3. The van der Waals surface area contributed by atoms with Gasteiger partial charge in [-0.3, -0.25) is 14.5 Å². The molecule has 2 amide bonds. The molecular formula is C17H20N2O4. The number of fused-ring (bicyclic) bond motifs is 3. The van der Waals surface area contributed by atoms with E-state index in [9.17, 15) is 14.4 Å². The molecule has 2 heterocycles. The summed E-state index contributed by atoms with van der Waals surface area (Å²) in [7, 11) is 0. The molecule has 1 aromatic carbocycles. The fraction of sp³-hybridized carbons (Fsp3) is 0.471. The quantitative estimate of drug-likeness (QED) is 0.799. The van der Waals surface area contributed by atoms with Crippen molar-refractivity contribution in [3.05, 3.63) is 29.8 Å². The van der Waals surface area contributed by atoms with Gasteiger partial charge in [0.05, 0.1) is 17.9 Å². The molecule has 1 aromatic rings. The first kappa shape index (κ1) is 15.5. The van der Waals surface area contributed by atoms with Gasteiger partial charge in [0.15, 0.2) is 0 Å². The van der Waals surface area contributed by atoms with Crippen LogP contribution in [0.15, 0.2) is 24.3 Å². The summed E-state index contributed by atoms with van der Waals surface area (Å²) in [4.78, 5) is 41.3. The lowest BCUT2D eigenvalue weighted by Gasteiger charge is -2.50. The smallest absolute Gasteiger partial charge is 0.353 e. The molecule has 122 valence electrons. The maximum absolute atomic E-state index is 13.0. The number of carbonyl (C=O) groups excluding carboxylic acids is 3. The van der Waals surface area contributed by atoms with Gasteiger partial charge in [0.1, 0.15) is 0 Å². The molecule has 1 fully saturated rings. The number of benzene rings is 1. The number of para-hydroxylation sites is 1. The maximum Gasteiger partial charge on any atom is 0.353 e. The second kappa shape index (κ2) is 5.37. The predicted octanol–water partition coefficient (Wildman–Crippen LogP) is 1.94. The minimum Gasteiger partial charge on any atom is -0.463 e. The Bertz CT molecular complexity index is 685. The molecule has 1 unspecified atom stereocenters. The van der Waals surface area contributed by atoms with Crippen LogP contribution in [-0.4, -0.2) is 41.0 Å². The van der Waals surface area contributed by atoms with Crippen molar-refractivity contribution in [2.24, 2.45) is 0 Å². The zero-order chi connectivity index (χ0) is 16.8. The van der Waals surface area contributed by atoms with Gasteiger partial charge in [-0.15, -0.1) is 0 Å². The third-order valence-corrected chi connectivity index (χ3v) is 4.42. The summed E-state index contributed by atoms with van der Waals surface area (Å²) in [5.74, 6) is -0.944. The first-order chi connectivity index (χ1) is 10.9. The number of hydrogen-bond acceptors (Lipinski definition) is 4. The number of anilines is 1. The van der Waals surface area contributed by atoms with Gasteiger partial charge in [-0.1, -0.05) is 12.1 Å². The van der Waals surface area contributed by atoms with Crippen LogP contribution >= 0.6 is 0 Å². The minimum absolute atomic E-state index is 0.163. The Labute approximate surface area is 135 Å². The number of hydrogen-bond donors (Lipinski definition) is 0. The normalized spacial score (nSPS) is 23.1. The third-order valence-electron chi connectivity index (χ3n) is 4.42. The Balaban J connectivity index is 2.27. The van der Waals surface area contributed by atoms with E-state index in [4.69, 9.17) is 4.74 Å². The molecule has 1 atom stereocenters. The van der Waals surface area contributed by atoms with E-state index < -0.39 is 11.6 Å². The highest BCUT2D eigenvalue weighted by Crippen LogP contribution is 2.45. The van der Waals surface area contributed by atoms with Gasteiger partial charge in [-0.25, -0.2) is 4.79 Å². The number of ether oxygens (including phenoxy) is 1. The molecule has 23 heavy (non-hydrogen) atoms. The summed E-state index contributed by atoms with van der Waals surface area (Å²) in [5.41, 5.74) is -0.437. The molecule has 0 bridgehead atoms. The van der Waals surface area contributed by atoms with Gasteiger partial charge in [-0.05, 0) is 32.9 Å². The van der Waals surface area contributed by atoms with Gasteiger partial charge in [0, 0.05) is 18.9 Å². The van der Waals surface area contributed by atoms with Crippen molar-refractivity contribution < 1.29 is 19.1 Å². The fourth-order valence-corrected chi connectivity index (χ4v) is 3.62. The summed E-state index contributed by atoms with van der Waals surface area (Å²) in [5, 5.41) is 0. The maximum atomic E-state index is 13.0. The molecular weight excluding hydrogens is 296 g/mol. The molecule has 0 aromatic heterocycles. The number of nitrogens with zero attached hydrogens (tertiary/aromatic N) is 2. The van der Waals surface area contributed by atoms with E-state index in [2.05, 4.69) is 0 Å². The van der Waals surface area contributed by atoms with E-state index in [-0.39, 0.29) is 37.3 Å². The molecule has 0 N–H and O–H groups in total. The SMILES string of the molecule is CCOC(=O)C12CCC(=O)N1c1ccccc1C(=O)N2C(C)C. The first-order valence-electron chi connectivity index (χ1n) is 7.88. The largest absolute Gasteiger partial charge is 0.463 e. The molecule has 1 saturated heterocycles. The van der Waals surface area contributed by atoms with Crippen molar-refractivity contribution >= 4 is 23.5 Å². The second-order valence-electron chi connectivity index (χ2n) is 6.05. The number of esters is 1. The highest BCUT2D eigenvalue weighted by Gasteiger charge is 2.62. The van der Waals surface area contributed by atoms with Crippen LogP contribution in [0.2, 0.25) is 0 Å². The molecule has 0 radical (unpaired) electrons. The Morgan fingerprint density at radius 2 is 2.00 bits per heavy atom. The number of amides is 2. The highest BCUT2D eigenvalue weighted by molar-refractivity contribution is 6.15. The Kier molecular flexibility index (Phi) is 3.62. The second-order valence-corrected chi connectivity index (χ2v) is 6.05. The fourth-order valence-electron chi connectivity index (χ4n) is 3.62. The van der Waals surface area contributed by atoms with Gasteiger partial charge in [-0.2, -0.15) is 0 Å². The summed E-state index contributed by atoms with van der Waals surface area (Å²) in [6, 6.07) is 6.68. The van der Waals surface area contributed by atoms with Gasteiger partial charge >= 0.3 is 5.97 Å². The van der Waals surface area contributed by atoms with Crippen LogP contribution in [0.25, 0.3) is 0 Å². The topological polar surface area (TPSA) is 66.9 Å². The van der Waals surface area contributed by atoms with E-state index in [0.717, 1.165) is 0 Å². The van der Waals surface area contributed by atoms with Gasteiger partial charge in [0.25, 0.3) is 5.91 Å². The van der Waals surface area contributed by atoms with Crippen molar-refractivity contribution in [3.63, 3.8) is 0 Å². The molecule has 2 aliphatic rings. The Hall–Kier alpha value is -2.37. The lowest BCUT2D eigenvalue weighted by atomic mass is 9.95. The lowest BCUT2D eigenvalue weighted by molar-refractivity contribution is -0.157. The van der Waals surface area contributed by atoms with Crippen LogP contribution in [0, 0.1) is 0 Å². The van der Waals surface area contributed by atoms with Crippen LogP contribution in [0.4, 0.5) is 5.69 Å². The average molecular weight is 316 g/mol. The van der Waals surface area contributed by atoms with E-state index >= 15 is 0 Å². The molecule has 3 rings (SSSR count). The van der Waals surface area contributed by atoms with E-state index in [1.807, 2.05) is 13.8 Å². The van der Waals surface area contributed by atoms with E-state index in [1.54, 1.807) is 31.2 Å².